The molecule has 3 rings (SSSR count). The maximum Gasteiger partial charge on any atom is 0.340 e. The molecule has 0 bridgehead atoms. The molecule has 1 heterocycles. The number of nitrogens with two attached hydrogens (primary N) is 1. The first-order chi connectivity index (χ1) is 11.9. The lowest BCUT2D eigenvalue weighted by Crippen LogP contribution is -2.31. The van der Waals surface area contributed by atoms with Crippen LogP contribution in [-0.4, -0.2) is 18.4 Å². The van der Waals surface area contributed by atoms with Gasteiger partial charge in [0.25, 0.3) is 0 Å². The lowest BCUT2D eigenvalue weighted by molar-refractivity contribution is -0.139. The van der Waals surface area contributed by atoms with Gasteiger partial charge in [-0.05, 0) is 31.0 Å². The lowest BCUT2D eigenvalue weighted by Gasteiger charge is -2.32. The van der Waals surface area contributed by atoms with Crippen LogP contribution in [0, 0.1) is 0 Å². The molecule has 0 saturated carbocycles. The summed E-state index contributed by atoms with van der Waals surface area (Å²) in [4.78, 5) is 25.1. The average Bonchev–Trinajstić information content (AvgIpc) is 2.54. The monoisotopic (exact) mass is 381 g/mol. The van der Waals surface area contributed by atoms with Crippen molar-refractivity contribution in [2.75, 3.05) is 6.61 Å². The van der Waals surface area contributed by atoms with Gasteiger partial charge >= 0.3 is 5.97 Å². The van der Waals surface area contributed by atoms with Crippen LogP contribution in [0.15, 0.2) is 41.0 Å². The molecule has 1 aliphatic carbocycles. The van der Waals surface area contributed by atoms with E-state index < -0.39 is 11.9 Å². The van der Waals surface area contributed by atoms with Gasteiger partial charge in [-0.3, -0.25) is 4.79 Å². The van der Waals surface area contributed by atoms with Crippen LogP contribution in [0.1, 0.15) is 37.7 Å². The average molecular weight is 382 g/mol. The molecule has 25 heavy (non-hydrogen) atoms. The Morgan fingerprint density at radius 1 is 1.36 bits per heavy atom. The summed E-state index contributed by atoms with van der Waals surface area (Å²) in [6.07, 6.45) is 1.65. The number of halogens is 2. The van der Waals surface area contributed by atoms with E-state index in [1.54, 1.807) is 25.1 Å². The van der Waals surface area contributed by atoms with Crippen LogP contribution in [0.25, 0.3) is 0 Å². The number of ketones is 1. The predicted octanol–water partition coefficient (Wildman–Crippen LogP) is 3.85. The van der Waals surface area contributed by atoms with Crippen molar-refractivity contribution in [3.63, 3.8) is 0 Å². The molecule has 0 unspecified atom stereocenters. The number of benzene rings is 1. The maximum atomic E-state index is 12.6. The third-order valence-electron chi connectivity index (χ3n) is 4.25. The van der Waals surface area contributed by atoms with Gasteiger partial charge in [0, 0.05) is 28.5 Å². The number of hydrogen-bond acceptors (Lipinski definition) is 5. The van der Waals surface area contributed by atoms with E-state index in [0.717, 1.165) is 0 Å². The first kappa shape index (κ1) is 17.8. The maximum absolute atomic E-state index is 12.6. The molecule has 1 aromatic rings. The smallest absolute Gasteiger partial charge is 0.340 e. The Bertz CT molecular complexity index is 813. The first-order valence-corrected chi connectivity index (χ1v) is 8.75. The molecule has 1 aromatic carbocycles. The van der Waals surface area contributed by atoms with Crippen LogP contribution in [0.4, 0.5) is 0 Å². The van der Waals surface area contributed by atoms with E-state index in [1.165, 1.54) is 0 Å². The molecule has 2 N–H and O–H groups in total. The molecule has 7 heteroatoms. The Morgan fingerprint density at radius 2 is 2.12 bits per heavy atom. The summed E-state index contributed by atoms with van der Waals surface area (Å²) >= 11 is 12.3. The van der Waals surface area contributed by atoms with Gasteiger partial charge in [0.2, 0.25) is 5.88 Å². The van der Waals surface area contributed by atoms with E-state index in [4.69, 9.17) is 38.4 Å². The Kier molecular flexibility index (Phi) is 5.06. The van der Waals surface area contributed by atoms with Gasteiger partial charge in [0.15, 0.2) is 5.78 Å². The highest BCUT2D eigenvalue weighted by molar-refractivity contribution is 6.35. The second-order valence-electron chi connectivity index (χ2n) is 5.81. The molecule has 0 radical (unpaired) electrons. The zero-order valence-electron chi connectivity index (χ0n) is 13.6. The van der Waals surface area contributed by atoms with E-state index in [-0.39, 0.29) is 23.8 Å². The van der Waals surface area contributed by atoms with Crippen molar-refractivity contribution in [3.05, 3.63) is 56.6 Å². The van der Waals surface area contributed by atoms with Crippen LogP contribution in [0.2, 0.25) is 10.0 Å². The highest BCUT2D eigenvalue weighted by atomic mass is 35.5. The number of esters is 1. The van der Waals surface area contributed by atoms with Crippen LogP contribution < -0.4 is 5.73 Å². The fraction of sp³-hybridized carbons (Fsp3) is 0.333. The highest BCUT2D eigenvalue weighted by Gasteiger charge is 2.41. The summed E-state index contributed by atoms with van der Waals surface area (Å²) in [5.41, 5.74) is 7.11. The summed E-state index contributed by atoms with van der Waals surface area (Å²) in [5.74, 6) is -0.978. The number of ether oxygens (including phenoxy) is 2. The quantitative estimate of drug-likeness (QED) is 0.804. The number of rotatable bonds is 3. The topological polar surface area (TPSA) is 78.6 Å². The summed E-state index contributed by atoms with van der Waals surface area (Å²) in [6.45, 7) is 1.87. The molecule has 5 nitrogen and oxygen atoms in total. The molecule has 0 aromatic heterocycles. The minimum absolute atomic E-state index is 0.0529. The minimum atomic E-state index is -0.722. The molecular weight excluding hydrogens is 365 g/mol. The van der Waals surface area contributed by atoms with E-state index in [9.17, 15) is 9.59 Å². The van der Waals surface area contributed by atoms with Crippen molar-refractivity contribution in [1.29, 1.82) is 0 Å². The lowest BCUT2D eigenvalue weighted by atomic mass is 9.77. The first-order valence-electron chi connectivity index (χ1n) is 7.99. The number of carbonyl (C=O) groups is 2. The second kappa shape index (κ2) is 7.10. The standard InChI is InChI=1S/C18H17Cl2NO4/c1-2-24-18(23)16-14(10-7-6-9(19)8-11(10)20)15-12(22)4-3-5-13(15)25-17(16)21/h6-8,14H,2-5,21H2,1H3/t14-/m0/s1. The van der Waals surface area contributed by atoms with Crippen molar-refractivity contribution in [2.24, 2.45) is 5.73 Å². The molecule has 1 atom stereocenters. The molecule has 0 spiro atoms. The number of Topliss-reactive ketones (excluding diaryl/α,β-unsaturated/α-hetero) is 1. The highest BCUT2D eigenvalue weighted by Crippen LogP contribution is 2.46. The SMILES string of the molecule is CCOC(=O)C1=C(N)OC2=C(C(=O)CCC2)[C@@H]1c1ccc(Cl)cc1Cl. The van der Waals surface area contributed by atoms with Crippen molar-refractivity contribution >= 4 is 35.0 Å². The van der Waals surface area contributed by atoms with Crippen molar-refractivity contribution < 1.29 is 19.1 Å². The summed E-state index contributed by atoms with van der Waals surface area (Å²) in [5, 5.41) is 0.804. The number of hydrogen-bond donors (Lipinski definition) is 1. The zero-order chi connectivity index (χ0) is 18.1. The van der Waals surface area contributed by atoms with Crippen LogP contribution in [0.3, 0.4) is 0 Å². The molecular formula is C18H17Cl2NO4. The molecule has 0 amide bonds. The minimum Gasteiger partial charge on any atom is -0.462 e. The van der Waals surface area contributed by atoms with E-state index in [1.807, 2.05) is 0 Å². The van der Waals surface area contributed by atoms with E-state index in [2.05, 4.69) is 0 Å². The van der Waals surface area contributed by atoms with E-state index in [0.29, 0.717) is 46.2 Å². The van der Waals surface area contributed by atoms with Crippen LogP contribution >= 0.6 is 23.2 Å². The largest absolute Gasteiger partial charge is 0.462 e. The molecule has 0 fully saturated rings. The van der Waals surface area contributed by atoms with Gasteiger partial charge in [-0.25, -0.2) is 4.79 Å². The van der Waals surface area contributed by atoms with Crippen LogP contribution in [-0.2, 0) is 19.1 Å². The zero-order valence-corrected chi connectivity index (χ0v) is 15.1. The second-order valence-corrected chi connectivity index (χ2v) is 6.66. The normalized spacial score (nSPS) is 20.3. The summed E-state index contributed by atoms with van der Waals surface area (Å²) < 4.78 is 10.7. The summed E-state index contributed by atoms with van der Waals surface area (Å²) in [7, 11) is 0. The van der Waals surface area contributed by atoms with Crippen molar-refractivity contribution in [3.8, 4) is 0 Å². The van der Waals surface area contributed by atoms with E-state index >= 15 is 0 Å². The number of allylic oxidation sites excluding steroid dienone is 2. The van der Waals surface area contributed by atoms with Gasteiger partial charge in [0.1, 0.15) is 11.3 Å². The number of carbonyl (C=O) groups excluding carboxylic acids is 2. The van der Waals surface area contributed by atoms with Gasteiger partial charge in [-0.15, -0.1) is 0 Å². The Balaban J connectivity index is 2.20. The Hall–Kier alpha value is -1.98. The van der Waals surface area contributed by atoms with Gasteiger partial charge < -0.3 is 15.2 Å². The Labute approximate surface area is 155 Å². The third-order valence-corrected chi connectivity index (χ3v) is 4.82. The summed E-state index contributed by atoms with van der Waals surface area (Å²) in [6, 6.07) is 4.92. The fourth-order valence-corrected chi connectivity index (χ4v) is 3.73. The van der Waals surface area contributed by atoms with Crippen LogP contribution in [0.5, 0.6) is 0 Å². The third kappa shape index (κ3) is 3.26. The van der Waals surface area contributed by atoms with Crippen molar-refractivity contribution in [2.45, 2.75) is 32.1 Å². The molecule has 2 aliphatic rings. The van der Waals surface area contributed by atoms with Gasteiger partial charge in [-0.2, -0.15) is 0 Å². The fourth-order valence-electron chi connectivity index (χ4n) is 3.21. The van der Waals surface area contributed by atoms with Gasteiger partial charge in [0.05, 0.1) is 12.5 Å². The predicted molar refractivity (Wildman–Crippen MR) is 94.0 cm³/mol. The molecule has 0 saturated heterocycles. The van der Waals surface area contributed by atoms with Gasteiger partial charge in [-0.1, -0.05) is 29.3 Å². The molecule has 1 aliphatic heterocycles. The van der Waals surface area contributed by atoms with Crippen molar-refractivity contribution in [1.82, 2.24) is 0 Å². The Morgan fingerprint density at radius 3 is 2.80 bits per heavy atom. The molecule has 132 valence electrons.